The molecule has 0 bridgehead atoms. The van der Waals surface area contributed by atoms with Crippen molar-refractivity contribution in [3.05, 3.63) is 42.2 Å². The molecular weight excluding hydrogens is 233 g/mol. The van der Waals surface area contributed by atoms with Crippen molar-refractivity contribution in [2.45, 2.75) is 13.3 Å². The maximum absolute atomic E-state index is 12.2. The topological polar surface area (TPSA) is 22.4 Å². The Hall–Kier alpha value is -1.91. The molecule has 0 aliphatic heterocycles. The third-order valence-corrected chi connectivity index (χ3v) is 2.12. The first-order valence-corrected chi connectivity index (χ1v) is 4.87. The predicted molar refractivity (Wildman–Crippen MR) is 55.6 cm³/mol. The first-order valence-electron chi connectivity index (χ1n) is 4.87. The number of benzene rings is 1. The zero-order valence-electron chi connectivity index (χ0n) is 8.91. The van der Waals surface area contributed by atoms with Crippen LogP contribution in [0.15, 0.2) is 40.8 Å². The molecule has 1 heterocycles. The molecule has 17 heavy (non-hydrogen) atoms. The van der Waals surface area contributed by atoms with Gasteiger partial charge in [-0.15, -0.1) is 13.2 Å². The van der Waals surface area contributed by atoms with Crippen molar-refractivity contribution in [2.24, 2.45) is 0 Å². The first-order chi connectivity index (χ1) is 7.96. The Labute approximate surface area is 95.6 Å². The maximum atomic E-state index is 12.2. The monoisotopic (exact) mass is 242 g/mol. The van der Waals surface area contributed by atoms with Gasteiger partial charge in [-0.3, -0.25) is 0 Å². The van der Waals surface area contributed by atoms with E-state index in [9.17, 15) is 13.2 Å². The van der Waals surface area contributed by atoms with Crippen molar-refractivity contribution in [3.63, 3.8) is 0 Å². The summed E-state index contributed by atoms with van der Waals surface area (Å²) < 4.78 is 45.8. The zero-order chi connectivity index (χ0) is 12.5. The lowest BCUT2D eigenvalue weighted by molar-refractivity contribution is -0.274. The SMILES string of the molecule is Cc1ccc(-c2ccccc2OC(F)(F)F)o1. The Bertz CT molecular complexity index is 514. The molecule has 90 valence electrons. The molecule has 0 spiro atoms. The van der Waals surface area contributed by atoms with E-state index in [1.165, 1.54) is 18.2 Å². The van der Waals surface area contributed by atoms with Gasteiger partial charge in [0.05, 0.1) is 5.56 Å². The number of hydrogen-bond acceptors (Lipinski definition) is 2. The number of rotatable bonds is 2. The summed E-state index contributed by atoms with van der Waals surface area (Å²) in [4.78, 5) is 0. The third kappa shape index (κ3) is 2.81. The van der Waals surface area contributed by atoms with E-state index in [0.717, 1.165) is 0 Å². The lowest BCUT2D eigenvalue weighted by atomic mass is 10.1. The molecule has 0 fully saturated rings. The fraction of sp³-hybridized carbons (Fsp3) is 0.167. The van der Waals surface area contributed by atoms with Crippen LogP contribution in [0.3, 0.4) is 0 Å². The Morgan fingerprint density at radius 1 is 1.06 bits per heavy atom. The van der Waals surface area contributed by atoms with E-state index >= 15 is 0 Å². The molecule has 1 aromatic heterocycles. The average molecular weight is 242 g/mol. The first kappa shape index (κ1) is 11.6. The molecule has 5 heteroatoms. The smallest absolute Gasteiger partial charge is 0.461 e. The van der Waals surface area contributed by atoms with E-state index in [-0.39, 0.29) is 11.3 Å². The molecular formula is C12H9F3O2. The number of para-hydroxylation sites is 1. The van der Waals surface area contributed by atoms with Gasteiger partial charge in [-0.2, -0.15) is 0 Å². The normalized spacial score (nSPS) is 11.5. The molecule has 2 aromatic rings. The Morgan fingerprint density at radius 3 is 2.35 bits per heavy atom. The minimum Gasteiger partial charge on any atom is -0.461 e. The van der Waals surface area contributed by atoms with Crippen LogP contribution in [0.25, 0.3) is 11.3 Å². The fourth-order valence-corrected chi connectivity index (χ4v) is 1.46. The van der Waals surface area contributed by atoms with E-state index in [0.29, 0.717) is 11.5 Å². The molecule has 0 unspecified atom stereocenters. The lowest BCUT2D eigenvalue weighted by Gasteiger charge is -2.11. The number of halogens is 3. The molecule has 0 saturated heterocycles. The second-order valence-electron chi connectivity index (χ2n) is 3.45. The number of aryl methyl sites for hydroxylation is 1. The van der Waals surface area contributed by atoms with Gasteiger partial charge in [0.15, 0.2) is 0 Å². The lowest BCUT2D eigenvalue weighted by Crippen LogP contribution is -2.17. The van der Waals surface area contributed by atoms with Crippen LogP contribution < -0.4 is 4.74 Å². The highest BCUT2D eigenvalue weighted by Gasteiger charge is 2.32. The summed E-state index contributed by atoms with van der Waals surface area (Å²) in [6.45, 7) is 1.72. The van der Waals surface area contributed by atoms with Crippen molar-refractivity contribution in [2.75, 3.05) is 0 Å². The van der Waals surface area contributed by atoms with E-state index in [1.54, 1.807) is 25.1 Å². The van der Waals surface area contributed by atoms with Crippen LogP contribution in [-0.4, -0.2) is 6.36 Å². The quantitative estimate of drug-likeness (QED) is 0.789. The minimum absolute atomic E-state index is 0.269. The number of hydrogen-bond donors (Lipinski definition) is 0. The highest BCUT2D eigenvalue weighted by atomic mass is 19.4. The Morgan fingerprint density at radius 2 is 1.76 bits per heavy atom. The summed E-state index contributed by atoms with van der Waals surface area (Å²) in [7, 11) is 0. The summed E-state index contributed by atoms with van der Waals surface area (Å²) in [5.41, 5.74) is 0.276. The summed E-state index contributed by atoms with van der Waals surface area (Å²) in [5.74, 6) is 0.707. The molecule has 2 rings (SSSR count). The van der Waals surface area contributed by atoms with E-state index in [2.05, 4.69) is 4.74 Å². The maximum Gasteiger partial charge on any atom is 0.573 e. The van der Waals surface area contributed by atoms with Gasteiger partial charge in [0.2, 0.25) is 0 Å². The van der Waals surface area contributed by atoms with Gasteiger partial charge in [0.25, 0.3) is 0 Å². The van der Waals surface area contributed by atoms with Crippen LogP contribution >= 0.6 is 0 Å². The predicted octanol–water partition coefficient (Wildman–Crippen LogP) is 4.15. The standard InChI is InChI=1S/C12H9F3O2/c1-8-6-7-10(16-8)9-4-2-3-5-11(9)17-12(13,14)15/h2-7H,1H3. The van der Waals surface area contributed by atoms with Gasteiger partial charge < -0.3 is 9.15 Å². The summed E-state index contributed by atoms with van der Waals surface area (Å²) in [6.07, 6.45) is -4.71. The number of ether oxygens (including phenoxy) is 1. The van der Waals surface area contributed by atoms with Crippen LogP contribution in [0.2, 0.25) is 0 Å². The molecule has 1 aromatic carbocycles. The molecule has 0 aliphatic rings. The average Bonchev–Trinajstić information content (AvgIpc) is 2.63. The van der Waals surface area contributed by atoms with Gasteiger partial charge in [-0.05, 0) is 31.2 Å². The summed E-state index contributed by atoms with van der Waals surface area (Å²) >= 11 is 0. The van der Waals surface area contributed by atoms with Gasteiger partial charge >= 0.3 is 6.36 Å². The summed E-state index contributed by atoms with van der Waals surface area (Å²) in [5, 5.41) is 0. The third-order valence-electron chi connectivity index (χ3n) is 2.12. The van der Waals surface area contributed by atoms with Crippen molar-refractivity contribution in [3.8, 4) is 17.1 Å². The molecule has 0 atom stereocenters. The van der Waals surface area contributed by atoms with E-state index < -0.39 is 6.36 Å². The van der Waals surface area contributed by atoms with E-state index in [4.69, 9.17) is 4.42 Å². The van der Waals surface area contributed by atoms with Crippen LogP contribution in [0.5, 0.6) is 5.75 Å². The van der Waals surface area contributed by atoms with Crippen molar-refractivity contribution < 1.29 is 22.3 Å². The largest absolute Gasteiger partial charge is 0.573 e. The number of furan rings is 1. The summed E-state index contributed by atoms with van der Waals surface area (Å²) in [6, 6.07) is 9.14. The van der Waals surface area contributed by atoms with Crippen molar-refractivity contribution in [1.82, 2.24) is 0 Å². The minimum atomic E-state index is -4.71. The van der Waals surface area contributed by atoms with Gasteiger partial charge in [0.1, 0.15) is 17.3 Å². The second kappa shape index (κ2) is 4.16. The molecule has 0 aliphatic carbocycles. The highest BCUT2D eigenvalue weighted by Crippen LogP contribution is 2.34. The van der Waals surface area contributed by atoms with Crippen LogP contribution in [0.4, 0.5) is 13.2 Å². The van der Waals surface area contributed by atoms with Crippen LogP contribution in [0, 0.1) is 6.92 Å². The van der Waals surface area contributed by atoms with Gasteiger partial charge in [-0.1, -0.05) is 12.1 Å². The van der Waals surface area contributed by atoms with Crippen molar-refractivity contribution in [1.29, 1.82) is 0 Å². The van der Waals surface area contributed by atoms with Gasteiger partial charge in [-0.25, -0.2) is 0 Å². The fourth-order valence-electron chi connectivity index (χ4n) is 1.46. The van der Waals surface area contributed by atoms with Gasteiger partial charge in [0, 0.05) is 0 Å². The molecule has 0 amide bonds. The molecule has 0 N–H and O–H groups in total. The zero-order valence-corrected chi connectivity index (χ0v) is 8.91. The highest BCUT2D eigenvalue weighted by molar-refractivity contribution is 5.65. The van der Waals surface area contributed by atoms with Crippen molar-refractivity contribution >= 4 is 0 Å². The number of alkyl halides is 3. The Kier molecular flexibility index (Phi) is 2.83. The van der Waals surface area contributed by atoms with Crippen LogP contribution in [-0.2, 0) is 0 Å². The molecule has 2 nitrogen and oxygen atoms in total. The van der Waals surface area contributed by atoms with Crippen LogP contribution in [0.1, 0.15) is 5.76 Å². The Balaban J connectivity index is 2.41. The molecule has 0 radical (unpaired) electrons. The van der Waals surface area contributed by atoms with E-state index in [1.807, 2.05) is 0 Å². The second-order valence-corrected chi connectivity index (χ2v) is 3.45. The molecule has 0 saturated carbocycles.